The second-order valence-electron chi connectivity index (χ2n) is 7.92. The van der Waals surface area contributed by atoms with E-state index in [0.717, 1.165) is 15.4 Å². The monoisotopic (exact) mass is 455 g/mol. The van der Waals surface area contributed by atoms with Crippen molar-refractivity contribution in [2.45, 2.75) is 70.2 Å². The Morgan fingerprint density at radius 3 is 2.39 bits per heavy atom. The number of aryl methyl sites for hydroxylation is 2. The number of hydrogen-bond acceptors (Lipinski definition) is 7. The number of hydrogen-bond donors (Lipinski definition) is 3. The number of nitrogens with one attached hydrogen (secondary N) is 2. The Labute approximate surface area is 182 Å². The van der Waals surface area contributed by atoms with Gasteiger partial charge in [-0.05, 0) is 57.9 Å². The molecule has 0 radical (unpaired) electrons. The number of carbonyl (C=O) groups excluding carboxylic acids is 3. The predicted molar refractivity (Wildman–Crippen MR) is 112 cm³/mol. The van der Waals surface area contributed by atoms with Gasteiger partial charge in [0.15, 0.2) is 6.10 Å². The number of β-amino-alcohol motifs (C(OH)–C–C–N with tert-alkyl or cyclic N) is 1. The Hall–Kier alpha value is -2.50. The first-order valence-electron chi connectivity index (χ1n) is 9.92. The van der Waals surface area contributed by atoms with Crippen LogP contribution in [-0.2, 0) is 24.3 Å². The number of nitrogens with zero attached hydrogens (tertiary/aromatic N) is 1. The van der Waals surface area contributed by atoms with Crippen molar-refractivity contribution in [1.29, 1.82) is 0 Å². The molecular weight excluding hydrogens is 426 g/mol. The molecule has 0 bridgehead atoms. The Balaban J connectivity index is 2.14. The molecular formula is C20H29N3O7S. The van der Waals surface area contributed by atoms with E-state index >= 15 is 0 Å². The van der Waals surface area contributed by atoms with Crippen molar-refractivity contribution in [1.82, 2.24) is 14.9 Å². The van der Waals surface area contributed by atoms with Crippen LogP contribution in [0.5, 0.6) is 0 Å². The SMILES string of the molecule is Cc1ccc(S(=O)(=O)N2CC(O)C[C@H]2C(=O)OC(C)C(=O)NC(=O)NC(C)C)cc1C. The molecule has 3 amide bonds. The number of amides is 3. The van der Waals surface area contributed by atoms with Crippen LogP contribution in [0.25, 0.3) is 0 Å². The zero-order valence-electron chi connectivity index (χ0n) is 18.2. The number of rotatable bonds is 6. The van der Waals surface area contributed by atoms with E-state index in [1.807, 2.05) is 12.2 Å². The van der Waals surface area contributed by atoms with E-state index in [0.29, 0.717) is 0 Å². The van der Waals surface area contributed by atoms with Crippen LogP contribution in [0.3, 0.4) is 0 Å². The van der Waals surface area contributed by atoms with E-state index in [-0.39, 0.29) is 23.9 Å². The second-order valence-corrected chi connectivity index (χ2v) is 9.81. The molecule has 1 heterocycles. The van der Waals surface area contributed by atoms with Crippen molar-refractivity contribution in [2.24, 2.45) is 0 Å². The lowest BCUT2D eigenvalue weighted by atomic mass is 10.1. The molecule has 1 saturated heterocycles. The summed E-state index contributed by atoms with van der Waals surface area (Å²) >= 11 is 0. The topological polar surface area (TPSA) is 142 Å². The molecule has 2 unspecified atom stereocenters. The molecule has 2 rings (SSSR count). The molecule has 31 heavy (non-hydrogen) atoms. The first kappa shape index (κ1) is 24.8. The van der Waals surface area contributed by atoms with Gasteiger partial charge in [-0.25, -0.2) is 13.2 Å². The molecule has 11 heteroatoms. The van der Waals surface area contributed by atoms with Crippen molar-refractivity contribution in [3.8, 4) is 0 Å². The molecule has 3 N–H and O–H groups in total. The summed E-state index contributed by atoms with van der Waals surface area (Å²) in [7, 11) is -4.09. The minimum atomic E-state index is -4.09. The van der Waals surface area contributed by atoms with Crippen molar-refractivity contribution in [3.05, 3.63) is 29.3 Å². The van der Waals surface area contributed by atoms with Crippen molar-refractivity contribution in [3.63, 3.8) is 0 Å². The van der Waals surface area contributed by atoms with Gasteiger partial charge in [0.1, 0.15) is 6.04 Å². The van der Waals surface area contributed by atoms with E-state index in [4.69, 9.17) is 4.74 Å². The van der Waals surface area contributed by atoms with Crippen LogP contribution >= 0.6 is 0 Å². The van der Waals surface area contributed by atoms with Gasteiger partial charge in [-0.15, -0.1) is 0 Å². The van der Waals surface area contributed by atoms with E-state index in [1.165, 1.54) is 19.1 Å². The number of ether oxygens (including phenoxy) is 1. The number of urea groups is 1. The summed E-state index contributed by atoms with van der Waals surface area (Å²) in [5.41, 5.74) is 1.68. The van der Waals surface area contributed by atoms with Gasteiger partial charge in [-0.2, -0.15) is 4.31 Å². The highest BCUT2D eigenvalue weighted by Crippen LogP contribution is 2.28. The third-order valence-electron chi connectivity index (χ3n) is 4.91. The van der Waals surface area contributed by atoms with E-state index in [9.17, 15) is 27.9 Å². The summed E-state index contributed by atoms with van der Waals surface area (Å²) in [6.45, 7) is 8.04. The van der Waals surface area contributed by atoms with Gasteiger partial charge in [-0.1, -0.05) is 6.07 Å². The van der Waals surface area contributed by atoms with Gasteiger partial charge in [-0.3, -0.25) is 14.9 Å². The van der Waals surface area contributed by atoms with Gasteiger partial charge in [0.2, 0.25) is 10.0 Å². The van der Waals surface area contributed by atoms with Crippen LogP contribution in [0, 0.1) is 13.8 Å². The molecule has 1 aliphatic rings. The number of sulfonamides is 1. The van der Waals surface area contributed by atoms with Gasteiger partial charge < -0.3 is 15.2 Å². The lowest BCUT2D eigenvalue weighted by Crippen LogP contribution is -2.48. The standard InChI is InChI=1S/C20H29N3O7S/c1-11(2)21-20(27)22-18(25)14(5)30-19(26)17-9-15(24)10-23(17)31(28,29)16-7-6-12(3)13(4)8-16/h6-8,11,14-15,17,24H,9-10H2,1-5H3,(H2,21,22,25,27)/t14?,15?,17-/m0/s1. The fourth-order valence-electron chi connectivity index (χ4n) is 3.09. The van der Waals surface area contributed by atoms with E-state index < -0.39 is 46.2 Å². The van der Waals surface area contributed by atoms with E-state index in [1.54, 1.807) is 26.8 Å². The van der Waals surface area contributed by atoms with Crippen LogP contribution in [0.15, 0.2) is 23.1 Å². The third-order valence-corrected chi connectivity index (χ3v) is 6.78. The predicted octanol–water partition coefficient (Wildman–Crippen LogP) is 0.593. The van der Waals surface area contributed by atoms with Gasteiger partial charge in [0, 0.05) is 19.0 Å². The lowest BCUT2D eigenvalue weighted by Gasteiger charge is -2.24. The maximum absolute atomic E-state index is 13.1. The van der Waals surface area contributed by atoms with Gasteiger partial charge in [0.25, 0.3) is 5.91 Å². The maximum Gasteiger partial charge on any atom is 0.325 e. The van der Waals surface area contributed by atoms with Crippen LogP contribution < -0.4 is 10.6 Å². The highest BCUT2D eigenvalue weighted by atomic mass is 32.2. The number of carbonyl (C=O) groups is 3. The number of imide groups is 1. The average molecular weight is 456 g/mol. The van der Waals surface area contributed by atoms with Crippen LogP contribution in [0.2, 0.25) is 0 Å². The molecule has 1 aromatic rings. The molecule has 10 nitrogen and oxygen atoms in total. The fraction of sp³-hybridized carbons (Fsp3) is 0.550. The average Bonchev–Trinajstić information content (AvgIpc) is 3.05. The molecule has 0 aromatic heterocycles. The molecule has 3 atom stereocenters. The number of benzene rings is 1. The van der Waals surface area contributed by atoms with Crippen molar-refractivity contribution in [2.75, 3.05) is 6.54 Å². The van der Waals surface area contributed by atoms with E-state index in [2.05, 4.69) is 5.32 Å². The summed E-state index contributed by atoms with van der Waals surface area (Å²) in [5, 5.41) is 14.5. The maximum atomic E-state index is 13.1. The molecule has 1 aromatic carbocycles. The van der Waals surface area contributed by atoms with Gasteiger partial charge in [0.05, 0.1) is 11.0 Å². The Morgan fingerprint density at radius 1 is 1.16 bits per heavy atom. The summed E-state index contributed by atoms with van der Waals surface area (Å²) in [4.78, 5) is 36.4. The molecule has 0 aliphatic carbocycles. The van der Waals surface area contributed by atoms with Crippen LogP contribution in [0.1, 0.15) is 38.3 Å². The quantitative estimate of drug-likeness (QED) is 0.533. The first-order valence-corrected chi connectivity index (χ1v) is 11.4. The Bertz CT molecular complexity index is 962. The zero-order valence-corrected chi connectivity index (χ0v) is 19.0. The second kappa shape index (κ2) is 9.75. The largest absolute Gasteiger partial charge is 0.451 e. The number of aliphatic hydroxyl groups excluding tert-OH is 1. The van der Waals surface area contributed by atoms with Crippen LogP contribution in [-0.4, -0.2) is 66.6 Å². The minimum Gasteiger partial charge on any atom is -0.451 e. The molecule has 1 fully saturated rings. The number of aliphatic hydroxyl groups is 1. The van der Waals surface area contributed by atoms with Crippen LogP contribution in [0.4, 0.5) is 4.79 Å². The third kappa shape index (κ3) is 6.02. The summed E-state index contributed by atoms with van der Waals surface area (Å²) < 4.78 is 32.2. The summed E-state index contributed by atoms with van der Waals surface area (Å²) in [6, 6.07) is 2.38. The molecule has 1 aliphatic heterocycles. The molecule has 0 spiro atoms. The minimum absolute atomic E-state index is 0.00125. The summed E-state index contributed by atoms with van der Waals surface area (Å²) in [5.74, 6) is -1.83. The molecule has 0 saturated carbocycles. The van der Waals surface area contributed by atoms with Crippen molar-refractivity contribution < 1.29 is 32.6 Å². The highest BCUT2D eigenvalue weighted by molar-refractivity contribution is 7.89. The Morgan fingerprint density at radius 2 is 1.81 bits per heavy atom. The zero-order chi connectivity index (χ0) is 23.5. The lowest BCUT2D eigenvalue weighted by molar-refractivity contribution is -0.157. The van der Waals surface area contributed by atoms with Gasteiger partial charge >= 0.3 is 12.0 Å². The highest BCUT2D eigenvalue weighted by Gasteiger charge is 2.45. The fourth-order valence-corrected chi connectivity index (χ4v) is 4.80. The number of esters is 1. The summed E-state index contributed by atoms with van der Waals surface area (Å²) in [6.07, 6.45) is -2.56. The smallest absolute Gasteiger partial charge is 0.325 e. The Kier molecular flexibility index (Phi) is 7.79. The normalized spacial score (nSPS) is 20.4. The first-order chi connectivity index (χ1) is 14.3. The molecule has 172 valence electrons. The van der Waals surface area contributed by atoms with Crippen molar-refractivity contribution >= 4 is 27.9 Å².